The number of nitrogens with zero attached hydrogens (tertiary/aromatic N) is 4. The van der Waals surface area contributed by atoms with Gasteiger partial charge in [-0.25, -0.2) is 4.98 Å². The maximum Gasteiger partial charge on any atom is 0.277 e. The summed E-state index contributed by atoms with van der Waals surface area (Å²) in [6.45, 7) is 2.27. The molecule has 0 saturated carbocycles. The summed E-state index contributed by atoms with van der Waals surface area (Å²) in [5.41, 5.74) is 3.25. The van der Waals surface area contributed by atoms with Crippen LogP contribution < -0.4 is 10.9 Å². The molecule has 0 aliphatic heterocycles. The van der Waals surface area contributed by atoms with Crippen LogP contribution in [0.15, 0.2) is 71.9 Å². The van der Waals surface area contributed by atoms with Crippen molar-refractivity contribution in [3.8, 4) is 17.2 Å². The molecular formula is C23H19N5O2. The van der Waals surface area contributed by atoms with Gasteiger partial charge in [0.1, 0.15) is 23.6 Å². The molecule has 0 fully saturated rings. The van der Waals surface area contributed by atoms with Crippen molar-refractivity contribution in [2.75, 3.05) is 5.32 Å². The Morgan fingerprint density at radius 1 is 1.10 bits per heavy atom. The zero-order valence-corrected chi connectivity index (χ0v) is 16.4. The minimum atomic E-state index is -0.333. The van der Waals surface area contributed by atoms with E-state index in [-0.39, 0.29) is 18.0 Å². The number of benzene rings is 2. The average molecular weight is 397 g/mol. The number of rotatable bonds is 5. The van der Waals surface area contributed by atoms with E-state index >= 15 is 0 Å². The lowest BCUT2D eigenvalue weighted by molar-refractivity contribution is -0.116. The Balaban J connectivity index is 1.77. The number of nitrogens with one attached hydrogen (secondary N) is 1. The molecule has 7 heteroatoms. The van der Waals surface area contributed by atoms with E-state index in [4.69, 9.17) is 0 Å². The Morgan fingerprint density at radius 2 is 1.83 bits per heavy atom. The largest absolute Gasteiger partial charge is 0.332 e. The summed E-state index contributed by atoms with van der Waals surface area (Å²) in [6.07, 6.45) is 3.31. The zero-order chi connectivity index (χ0) is 21.1. The number of anilines is 1. The number of nitriles is 1. The molecule has 0 bridgehead atoms. The molecule has 1 N–H and O–H groups in total. The number of hydrogen-bond acceptors (Lipinski definition) is 4. The lowest BCUT2D eigenvalue weighted by Gasteiger charge is -2.09. The summed E-state index contributed by atoms with van der Waals surface area (Å²) in [5, 5.41) is 12.0. The molecule has 0 saturated heterocycles. The van der Waals surface area contributed by atoms with Gasteiger partial charge in [-0.2, -0.15) is 5.26 Å². The van der Waals surface area contributed by atoms with Gasteiger partial charge in [-0.3, -0.25) is 14.2 Å². The highest BCUT2D eigenvalue weighted by atomic mass is 16.2. The van der Waals surface area contributed by atoms with E-state index in [1.165, 1.54) is 10.9 Å². The van der Waals surface area contributed by atoms with E-state index in [0.29, 0.717) is 28.8 Å². The normalized spacial score (nSPS) is 10.7. The van der Waals surface area contributed by atoms with Gasteiger partial charge in [-0.15, -0.1) is 0 Å². The van der Waals surface area contributed by atoms with E-state index in [0.717, 1.165) is 11.1 Å². The number of amides is 1. The summed E-state index contributed by atoms with van der Waals surface area (Å²) in [6, 6.07) is 18.5. The molecule has 30 heavy (non-hydrogen) atoms. The number of aromatic nitrogens is 3. The molecular weight excluding hydrogens is 378 g/mol. The van der Waals surface area contributed by atoms with Crippen LogP contribution in [0.4, 0.5) is 5.69 Å². The van der Waals surface area contributed by atoms with Gasteiger partial charge in [0.25, 0.3) is 5.56 Å². The van der Waals surface area contributed by atoms with Crippen molar-refractivity contribution in [2.45, 2.75) is 20.0 Å². The fourth-order valence-corrected chi connectivity index (χ4v) is 3.43. The highest BCUT2D eigenvalue weighted by Crippen LogP contribution is 2.27. The molecule has 0 aliphatic carbocycles. The van der Waals surface area contributed by atoms with Gasteiger partial charge in [0, 0.05) is 18.3 Å². The molecule has 0 unspecified atom stereocenters. The predicted octanol–water partition coefficient (Wildman–Crippen LogP) is 3.40. The summed E-state index contributed by atoms with van der Waals surface area (Å²) < 4.78 is 3.14. The average Bonchev–Trinajstić information content (AvgIpc) is 3.14. The molecule has 0 atom stereocenters. The molecule has 148 valence electrons. The van der Waals surface area contributed by atoms with Crippen LogP contribution in [0.1, 0.15) is 12.5 Å². The molecule has 4 aromatic rings. The summed E-state index contributed by atoms with van der Waals surface area (Å²) in [4.78, 5) is 30.2. The van der Waals surface area contributed by atoms with E-state index < -0.39 is 0 Å². The smallest absolute Gasteiger partial charge is 0.277 e. The Hall–Kier alpha value is -4.18. The number of carbonyl (C=O) groups excluding carboxylic acids is 1. The predicted molar refractivity (Wildman–Crippen MR) is 115 cm³/mol. The Morgan fingerprint density at radius 3 is 2.57 bits per heavy atom. The molecule has 0 radical (unpaired) electrons. The van der Waals surface area contributed by atoms with Crippen LogP contribution in [0.2, 0.25) is 0 Å². The SMILES string of the molecule is CCn1cnc2c(-c3ccccc3)cn(CC(=O)Nc3ccccc3C#N)c2c1=O. The quantitative estimate of drug-likeness (QED) is 0.559. The van der Waals surface area contributed by atoms with Gasteiger partial charge >= 0.3 is 0 Å². The monoisotopic (exact) mass is 397 g/mol. The fraction of sp³-hybridized carbons (Fsp3) is 0.130. The van der Waals surface area contributed by atoms with Crippen molar-refractivity contribution in [3.05, 3.63) is 83.0 Å². The molecule has 2 heterocycles. The first-order valence-corrected chi connectivity index (χ1v) is 9.55. The number of fused-ring (bicyclic) bond motifs is 1. The molecule has 1 amide bonds. The van der Waals surface area contributed by atoms with Crippen LogP contribution in [0.5, 0.6) is 0 Å². The minimum absolute atomic E-state index is 0.0757. The second kappa shape index (κ2) is 8.05. The maximum absolute atomic E-state index is 13.0. The number of hydrogen-bond donors (Lipinski definition) is 1. The lowest BCUT2D eigenvalue weighted by atomic mass is 10.1. The third-order valence-corrected chi connectivity index (χ3v) is 4.90. The lowest BCUT2D eigenvalue weighted by Crippen LogP contribution is -2.24. The van der Waals surface area contributed by atoms with E-state index in [1.54, 1.807) is 35.0 Å². The first kappa shape index (κ1) is 19.2. The highest BCUT2D eigenvalue weighted by Gasteiger charge is 2.18. The van der Waals surface area contributed by atoms with Crippen molar-refractivity contribution >= 4 is 22.6 Å². The Bertz CT molecular complexity index is 1330. The van der Waals surface area contributed by atoms with Gasteiger partial charge in [-0.1, -0.05) is 42.5 Å². The molecule has 4 rings (SSSR count). The third-order valence-electron chi connectivity index (χ3n) is 4.90. The van der Waals surface area contributed by atoms with E-state index in [2.05, 4.69) is 16.4 Å². The molecule has 2 aromatic carbocycles. The molecule has 0 spiro atoms. The van der Waals surface area contributed by atoms with Gasteiger partial charge in [0.05, 0.1) is 17.6 Å². The first-order chi connectivity index (χ1) is 14.6. The topological polar surface area (TPSA) is 92.7 Å². The summed E-state index contributed by atoms with van der Waals surface area (Å²) in [5.74, 6) is -0.333. The first-order valence-electron chi connectivity index (χ1n) is 9.55. The number of para-hydroxylation sites is 1. The second-order valence-electron chi connectivity index (χ2n) is 6.78. The van der Waals surface area contributed by atoms with Gasteiger partial charge in [0.2, 0.25) is 5.91 Å². The summed E-state index contributed by atoms with van der Waals surface area (Å²) >= 11 is 0. The molecule has 0 aliphatic rings. The van der Waals surface area contributed by atoms with Crippen LogP contribution in [-0.2, 0) is 17.9 Å². The van der Waals surface area contributed by atoms with Crippen LogP contribution in [-0.4, -0.2) is 20.0 Å². The zero-order valence-electron chi connectivity index (χ0n) is 16.4. The summed E-state index contributed by atoms with van der Waals surface area (Å²) in [7, 11) is 0. The Kier molecular flexibility index (Phi) is 5.14. The molecule has 7 nitrogen and oxygen atoms in total. The molecule has 2 aromatic heterocycles. The van der Waals surface area contributed by atoms with Crippen molar-refractivity contribution < 1.29 is 4.79 Å². The van der Waals surface area contributed by atoms with Crippen molar-refractivity contribution in [1.29, 1.82) is 5.26 Å². The Labute approximate surface area is 172 Å². The fourth-order valence-electron chi connectivity index (χ4n) is 3.43. The van der Waals surface area contributed by atoms with Crippen LogP contribution >= 0.6 is 0 Å². The highest BCUT2D eigenvalue weighted by molar-refractivity contribution is 5.96. The third kappa shape index (κ3) is 3.47. The maximum atomic E-state index is 13.0. The standard InChI is InChI=1S/C23H19N5O2/c1-2-27-15-25-21-18(16-8-4-3-5-9-16)13-28(22(21)23(27)30)14-20(29)26-19-11-7-6-10-17(19)12-24/h3-11,13,15H,2,14H2,1H3,(H,26,29). The minimum Gasteiger partial charge on any atom is -0.332 e. The van der Waals surface area contributed by atoms with Crippen LogP contribution in [0.25, 0.3) is 22.2 Å². The van der Waals surface area contributed by atoms with Gasteiger partial charge in [-0.05, 0) is 24.6 Å². The number of aryl methyl sites for hydroxylation is 1. The van der Waals surface area contributed by atoms with Gasteiger partial charge < -0.3 is 9.88 Å². The van der Waals surface area contributed by atoms with Crippen LogP contribution in [0.3, 0.4) is 0 Å². The van der Waals surface area contributed by atoms with E-state index in [1.807, 2.05) is 37.3 Å². The van der Waals surface area contributed by atoms with Crippen molar-refractivity contribution in [2.24, 2.45) is 0 Å². The van der Waals surface area contributed by atoms with Gasteiger partial charge in [0.15, 0.2) is 0 Å². The second-order valence-corrected chi connectivity index (χ2v) is 6.78. The van der Waals surface area contributed by atoms with Crippen molar-refractivity contribution in [3.63, 3.8) is 0 Å². The number of carbonyl (C=O) groups is 1. The van der Waals surface area contributed by atoms with Crippen molar-refractivity contribution in [1.82, 2.24) is 14.1 Å². The van der Waals surface area contributed by atoms with E-state index in [9.17, 15) is 14.9 Å². The van der Waals surface area contributed by atoms with Crippen LogP contribution in [0, 0.1) is 11.3 Å².